The summed E-state index contributed by atoms with van der Waals surface area (Å²) in [6.07, 6.45) is 0. The van der Waals surface area contributed by atoms with E-state index in [0.717, 1.165) is 13.1 Å². The molecule has 2 aromatic carbocycles. The molecular formula is C21H26FN3O. The van der Waals surface area contributed by atoms with E-state index in [1.807, 2.05) is 0 Å². The molecule has 0 saturated carbocycles. The third-order valence-electron chi connectivity index (χ3n) is 4.70. The topological polar surface area (TPSA) is 35.6 Å². The Morgan fingerprint density at radius 3 is 2.35 bits per heavy atom. The second-order valence-corrected chi connectivity index (χ2v) is 7.68. The number of benzene rings is 2. The largest absolute Gasteiger partial charge is 0.368 e. The van der Waals surface area contributed by atoms with Gasteiger partial charge in [-0.1, -0.05) is 45.0 Å². The number of piperazine rings is 1. The maximum Gasteiger partial charge on any atom is 0.321 e. The van der Waals surface area contributed by atoms with Gasteiger partial charge in [-0.15, -0.1) is 0 Å². The lowest BCUT2D eigenvalue weighted by molar-refractivity contribution is 0.208. The Hall–Kier alpha value is -2.56. The molecule has 0 bridgehead atoms. The summed E-state index contributed by atoms with van der Waals surface area (Å²) >= 11 is 0. The second-order valence-electron chi connectivity index (χ2n) is 7.68. The fraction of sp³-hybridized carbons (Fsp3) is 0.381. The molecule has 0 aromatic heterocycles. The Morgan fingerprint density at radius 1 is 1.00 bits per heavy atom. The summed E-state index contributed by atoms with van der Waals surface area (Å²) in [5.74, 6) is -0.355. The molecule has 26 heavy (non-hydrogen) atoms. The molecule has 0 atom stereocenters. The summed E-state index contributed by atoms with van der Waals surface area (Å²) in [5, 5.41) is 2.77. The zero-order valence-electron chi connectivity index (χ0n) is 15.6. The van der Waals surface area contributed by atoms with Gasteiger partial charge in [0.05, 0.1) is 0 Å². The van der Waals surface area contributed by atoms with Crippen LogP contribution in [-0.4, -0.2) is 37.1 Å². The van der Waals surface area contributed by atoms with Crippen LogP contribution in [0.15, 0.2) is 48.5 Å². The normalized spacial score (nSPS) is 15.1. The zero-order valence-corrected chi connectivity index (χ0v) is 15.6. The fourth-order valence-electron chi connectivity index (χ4n) is 3.30. The highest BCUT2D eigenvalue weighted by molar-refractivity contribution is 5.89. The van der Waals surface area contributed by atoms with Crippen LogP contribution in [0.3, 0.4) is 0 Å². The molecule has 1 N–H and O–H groups in total. The molecule has 0 spiro atoms. The second kappa shape index (κ2) is 7.36. The molecule has 138 valence electrons. The molecule has 2 aromatic rings. The Balaban J connectivity index is 1.64. The highest BCUT2D eigenvalue weighted by atomic mass is 19.1. The van der Waals surface area contributed by atoms with Crippen molar-refractivity contribution >= 4 is 17.4 Å². The first-order chi connectivity index (χ1) is 12.3. The van der Waals surface area contributed by atoms with E-state index in [1.54, 1.807) is 17.0 Å². The van der Waals surface area contributed by atoms with Gasteiger partial charge in [0.25, 0.3) is 0 Å². The van der Waals surface area contributed by atoms with E-state index >= 15 is 0 Å². The van der Waals surface area contributed by atoms with Crippen LogP contribution in [0.25, 0.3) is 0 Å². The van der Waals surface area contributed by atoms with E-state index < -0.39 is 0 Å². The number of hydrogen-bond acceptors (Lipinski definition) is 2. The molecule has 3 rings (SSSR count). The van der Waals surface area contributed by atoms with Crippen molar-refractivity contribution < 1.29 is 9.18 Å². The first-order valence-electron chi connectivity index (χ1n) is 9.00. The number of urea groups is 1. The monoisotopic (exact) mass is 355 g/mol. The molecule has 0 unspecified atom stereocenters. The van der Waals surface area contributed by atoms with Crippen LogP contribution in [0.1, 0.15) is 26.3 Å². The summed E-state index contributed by atoms with van der Waals surface area (Å²) in [5.41, 5.74) is 3.11. The number of amides is 2. The number of nitrogens with one attached hydrogen (secondary N) is 1. The fourth-order valence-corrected chi connectivity index (χ4v) is 3.30. The Bertz CT molecular complexity index is 777. The van der Waals surface area contributed by atoms with Crippen molar-refractivity contribution in [1.82, 2.24) is 4.90 Å². The van der Waals surface area contributed by atoms with Crippen LogP contribution in [-0.2, 0) is 5.41 Å². The van der Waals surface area contributed by atoms with Gasteiger partial charge in [0.15, 0.2) is 0 Å². The predicted octanol–water partition coefficient (Wildman–Crippen LogP) is 4.48. The third kappa shape index (κ3) is 4.15. The van der Waals surface area contributed by atoms with E-state index in [0.29, 0.717) is 18.8 Å². The quantitative estimate of drug-likeness (QED) is 0.862. The van der Waals surface area contributed by atoms with E-state index in [4.69, 9.17) is 0 Å². The van der Waals surface area contributed by atoms with E-state index in [2.05, 4.69) is 55.3 Å². The van der Waals surface area contributed by atoms with Gasteiger partial charge in [-0.05, 0) is 35.2 Å². The van der Waals surface area contributed by atoms with Gasteiger partial charge < -0.3 is 15.1 Å². The van der Waals surface area contributed by atoms with Crippen LogP contribution < -0.4 is 10.2 Å². The zero-order chi connectivity index (χ0) is 18.7. The SMILES string of the molecule is CC(C)(C)c1ccccc1N1CCN(C(=O)Nc2cccc(F)c2)CC1. The van der Waals surface area contributed by atoms with Crippen molar-refractivity contribution in [2.75, 3.05) is 36.4 Å². The standard InChI is InChI=1S/C21H26FN3O/c1-21(2,3)18-9-4-5-10-19(18)24-11-13-25(14-12-24)20(26)23-17-8-6-7-16(22)15-17/h4-10,15H,11-14H2,1-3H3,(H,23,26). The van der Waals surface area contributed by atoms with Crippen molar-refractivity contribution in [3.05, 3.63) is 59.9 Å². The van der Waals surface area contributed by atoms with Crippen molar-refractivity contribution in [3.63, 3.8) is 0 Å². The molecule has 2 amide bonds. The van der Waals surface area contributed by atoms with Crippen LogP contribution in [0.2, 0.25) is 0 Å². The van der Waals surface area contributed by atoms with Gasteiger partial charge in [-0.3, -0.25) is 0 Å². The lowest BCUT2D eigenvalue weighted by Crippen LogP contribution is -2.50. The smallest absolute Gasteiger partial charge is 0.321 e. The molecular weight excluding hydrogens is 329 g/mol. The van der Waals surface area contributed by atoms with Gasteiger partial charge in [0, 0.05) is 37.6 Å². The van der Waals surface area contributed by atoms with Crippen LogP contribution in [0.5, 0.6) is 0 Å². The van der Waals surface area contributed by atoms with Gasteiger partial charge in [0.2, 0.25) is 0 Å². The summed E-state index contributed by atoms with van der Waals surface area (Å²) in [4.78, 5) is 16.5. The summed E-state index contributed by atoms with van der Waals surface area (Å²) < 4.78 is 13.3. The third-order valence-corrected chi connectivity index (χ3v) is 4.70. The van der Waals surface area contributed by atoms with E-state index in [-0.39, 0.29) is 17.3 Å². The van der Waals surface area contributed by atoms with Crippen molar-refractivity contribution in [2.24, 2.45) is 0 Å². The van der Waals surface area contributed by atoms with Crippen LogP contribution >= 0.6 is 0 Å². The lowest BCUT2D eigenvalue weighted by Gasteiger charge is -2.38. The molecule has 1 heterocycles. The molecule has 0 radical (unpaired) electrons. The molecule has 1 aliphatic heterocycles. The first-order valence-corrected chi connectivity index (χ1v) is 9.00. The molecule has 5 heteroatoms. The van der Waals surface area contributed by atoms with Gasteiger partial charge in [-0.2, -0.15) is 0 Å². The maximum absolute atomic E-state index is 13.3. The minimum atomic E-state index is -0.355. The Labute approximate surface area is 154 Å². The molecule has 1 aliphatic rings. The summed E-state index contributed by atoms with van der Waals surface area (Å²) in [6, 6.07) is 14.3. The highest BCUT2D eigenvalue weighted by Crippen LogP contribution is 2.32. The number of carbonyl (C=O) groups excluding carboxylic acids is 1. The average Bonchev–Trinajstić information content (AvgIpc) is 2.61. The number of para-hydroxylation sites is 1. The number of halogens is 1. The first kappa shape index (κ1) is 18.2. The number of nitrogens with zero attached hydrogens (tertiary/aromatic N) is 2. The lowest BCUT2D eigenvalue weighted by atomic mass is 9.85. The van der Waals surface area contributed by atoms with Gasteiger partial charge in [-0.25, -0.2) is 9.18 Å². The van der Waals surface area contributed by atoms with E-state index in [1.165, 1.54) is 23.4 Å². The Kier molecular flexibility index (Phi) is 5.16. The number of anilines is 2. The molecule has 1 fully saturated rings. The number of carbonyl (C=O) groups is 1. The predicted molar refractivity (Wildman–Crippen MR) is 104 cm³/mol. The van der Waals surface area contributed by atoms with Crippen LogP contribution in [0.4, 0.5) is 20.6 Å². The minimum absolute atomic E-state index is 0.0719. The molecule has 4 nitrogen and oxygen atoms in total. The molecule has 1 saturated heterocycles. The summed E-state index contributed by atoms with van der Waals surface area (Å²) in [7, 11) is 0. The average molecular weight is 355 g/mol. The summed E-state index contributed by atoms with van der Waals surface area (Å²) in [6.45, 7) is 9.49. The Morgan fingerprint density at radius 2 is 1.69 bits per heavy atom. The minimum Gasteiger partial charge on any atom is -0.368 e. The van der Waals surface area contributed by atoms with Gasteiger partial charge >= 0.3 is 6.03 Å². The highest BCUT2D eigenvalue weighted by Gasteiger charge is 2.25. The van der Waals surface area contributed by atoms with E-state index in [9.17, 15) is 9.18 Å². The van der Waals surface area contributed by atoms with Crippen molar-refractivity contribution in [2.45, 2.75) is 26.2 Å². The van der Waals surface area contributed by atoms with Crippen LogP contribution in [0, 0.1) is 5.82 Å². The number of rotatable bonds is 2. The maximum atomic E-state index is 13.3. The van der Waals surface area contributed by atoms with Crippen molar-refractivity contribution in [1.29, 1.82) is 0 Å². The number of hydrogen-bond donors (Lipinski definition) is 1. The molecule has 0 aliphatic carbocycles. The van der Waals surface area contributed by atoms with Gasteiger partial charge in [0.1, 0.15) is 5.82 Å². The van der Waals surface area contributed by atoms with Crippen molar-refractivity contribution in [3.8, 4) is 0 Å².